The third kappa shape index (κ3) is 4.86. The van der Waals surface area contributed by atoms with Crippen LogP contribution in [0.5, 0.6) is 5.75 Å². The van der Waals surface area contributed by atoms with E-state index in [1.54, 1.807) is 44.6 Å². The maximum absolute atomic E-state index is 13.8. The summed E-state index contributed by atoms with van der Waals surface area (Å²) in [6, 6.07) is 4.03. The molecule has 0 aliphatic rings. The van der Waals surface area contributed by atoms with Crippen LogP contribution in [0.15, 0.2) is 54.2 Å². The minimum atomic E-state index is -0.848. The quantitative estimate of drug-likeness (QED) is 0.528. The first kappa shape index (κ1) is 23.1. The van der Waals surface area contributed by atoms with Gasteiger partial charge in [0.25, 0.3) is 5.56 Å². The van der Waals surface area contributed by atoms with Crippen LogP contribution in [0, 0.1) is 25.5 Å². The molecule has 0 spiro atoms. The summed E-state index contributed by atoms with van der Waals surface area (Å²) in [6.45, 7) is 7.22. The van der Waals surface area contributed by atoms with Gasteiger partial charge in [0, 0.05) is 31.1 Å². The molecule has 3 aromatic rings. The molecule has 0 fully saturated rings. The molecule has 0 saturated carbocycles. The van der Waals surface area contributed by atoms with Crippen molar-refractivity contribution in [3.8, 4) is 11.4 Å². The molecule has 3 rings (SSSR count). The van der Waals surface area contributed by atoms with Gasteiger partial charge in [-0.05, 0) is 43.3 Å². The Kier molecular flexibility index (Phi) is 7.05. The van der Waals surface area contributed by atoms with Crippen LogP contribution in [-0.4, -0.2) is 21.6 Å². The fourth-order valence-electron chi connectivity index (χ4n) is 2.98. The Morgan fingerprint density at radius 3 is 2.69 bits per heavy atom. The molecule has 6 nitrogen and oxygen atoms in total. The molecule has 3 aromatic heterocycles. The van der Waals surface area contributed by atoms with Gasteiger partial charge in [-0.2, -0.15) is 0 Å². The maximum atomic E-state index is 13.8. The van der Waals surface area contributed by atoms with Crippen molar-refractivity contribution in [2.24, 2.45) is 0 Å². The van der Waals surface area contributed by atoms with Crippen molar-refractivity contribution in [2.45, 2.75) is 20.5 Å². The van der Waals surface area contributed by atoms with Crippen LogP contribution in [0.1, 0.15) is 22.6 Å². The Balaban J connectivity index is 1.98. The summed E-state index contributed by atoms with van der Waals surface area (Å²) in [5.41, 5.74) is 2.53. The average Bonchev–Trinajstić information content (AvgIpc) is 2.75. The third-order valence-corrected chi connectivity index (χ3v) is 4.99. The minimum Gasteiger partial charge on any atom is -0.485 e. The molecule has 9 heteroatoms. The predicted octanol–water partition coefficient (Wildman–Crippen LogP) is 4.50. The largest absolute Gasteiger partial charge is 0.485 e. The zero-order valence-corrected chi connectivity index (χ0v) is 18.5. The summed E-state index contributed by atoms with van der Waals surface area (Å²) in [5.74, 6) is -1.57. The first-order valence-electron chi connectivity index (χ1n) is 9.58. The Labute approximate surface area is 188 Å². The number of nitrogens with one attached hydrogen (secondary N) is 1. The number of pyridine rings is 3. The number of halogens is 3. The lowest BCUT2D eigenvalue weighted by Crippen LogP contribution is -2.23. The van der Waals surface area contributed by atoms with Crippen molar-refractivity contribution >= 4 is 17.2 Å². The molecule has 0 saturated heterocycles. The fourth-order valence-corrected chi connectivity index (χ4v) is 3.17. The normalized spacial score (nSPS) is 11.1. The zero-order chi connectivity index (χ0) is 23.4. The monoisotopic (exact) mass is 458 g/mol. The number of ether oxygens (including phenoxy) is 1. The molecule has 0 aliphatic heterocycles. The molecule has 32 heavy (non-hydrogen) atoms. The third-order valence-electron chi connectivity index (χ3n) is 4.64. The van der Waals surface area contributed by atoms with Crippen molar-refractivity contribution in [1.29, 1.82) is 0 Å². The molecular formula is C23H21ClF2N4O2. The molecule has 0 aliphatic carbocycles. The summed E-state index contributed by atoms with van der Waals surface area (Å²) in [7, 11) is 1.77. The Morgan fingerprint density at radius 2 is 2.00 bits per heavy atom. The van der Waals surface area contributed by atoms with E-state index in [0.29, 0.717) is 28.7 Å². The van der Waals surface area contributed by atoms with E-state index in [4.69, 9.17) is 16.3 Å². The second kappa shape index (κ2) is 9.74. The summed E-state index contributed by atoms with van der Waals surface area (Å²) in [6.07, 6.45) is 6.03. The fraction of sp³-hybridized carbons (Fsp3) is 0.174. The highest BCUT2D eigenvalue weighted by Crippen LogP contribution is 2.26. The van der Waals surface area contributed by atoms with Gasteiger partial charge in [0.1, 0.15) is 28.9 Å². The van der Waals surface area contributed by atoms with E-state index in [1.807, 2.05) is 6.92 Å². The number of allylic oxidation sites excluding steroid dienone is 2. The van der Waals surface area contributed by atoms with Crippen LogP contribution in [0.2, 0.25) is 5.02 Å². The van der Waals surface area contributed by atoms with Crippen molar-refractivity contribution < 1.29 is 13.5 Å². The van der Waals surface area contributed by atoms with Crippen LogP contribution in [0.4, 0.5) is 8.78 Å². The van der Waals surface area contributed by atoms with E-state index in [-0.39, 0.29) is 23.1 Å². The molecule has 3 heterocycles. The maximum Gasteiger partial charge on any atom is 0.277 e. The van der Waals surface area contributed by atoms with Gasteiger partial charge in [-0.15, -0.1) is 0 Å². The first-order chi connectivity index (χ1) is 15.2. The number of hydrogen-bond donors (Lipinski definition) is 1. The van der Waals surface area contributed by atoms with Crippen LogP contribution in [0.3, 0.4) is 0 Å². The van der Waals surface area contributed by atoms with Crippen molar-refractivity contribution in [3.63, 3.8) is 0 Å². The number of aromatic nitrogens is 3. The van der Waals surface area contributed by atoms with E-state index >= 15 is 0 Å². The highest BCUT2D eigenvalue weighted by atomic mass is 35.5. The summed E-state index contributed by atoms with van der Waals surface area (Å²) in [5, 5.41) is 2.71. The number of hydrogen-bond acceptors (Lipinski definition) is 5. The van der Waals surface area contributed by atoms with E-state index < -0.39 is 17.2 Å². The first-order valence-corrected chi connectivity index (χ1v) is 9.95. The highest BCUT2D eigenvalue weighted by Gasteiger charge is 2.17. The van der Waals surface area contributed by atoms with Crippen molar-refractivity contribution in [1.82, 2.24) is 19.9 Å². The van der Waals surface area contributed by atoms with Crippen LogP contribution < -0.4 is 15.6 Å². The van der Waals surface area contributed by atoms with Crippen LogP contribution in [-0.2, 0) is 6.61 Å². The van der Waals surface area contributed by atoms with Gasteiger partial charge < -0.3 is 10.1 Å². The van der Waals surface area contributed by atoms with Crippen LogP contribution >= 0.6 is 11.6 Å². The van der Waals surface area contributed by atoms with Gasteiger partial charge in [0.2, 0.25) is 0 Å². The van der Waals surface area contributed by atoms with Gasteiger partial charge in [-0.25, -0.2) is 8.78 Å². The molecule has 0 radical (unpaired) electrons. The second-order valence-corrected chi connectivity index (χ2v) is 7.36. The summed E-state index contributed by atoms with van der Waals surface area (Å²) in [4.78, 5) is 21.1. The van der Waals surface area contributed by atoms with Gasteiger partial charge in [0.15, 0.2) is 5.82 Å². The van der Waals surface area contributed by atoms with Crippen LogP contribution in [0.25, 0.3) is 11.3 Å². The summed E-state index contributed by atoms with van der Waals surface area (Å²) < 4.78 is 33.8. The predicted molar refractivity (Wildman–Crippen MR) is 120 cm³/mol. The Morgan fingerprint density at radius 1 is 1.25 bits per heavy atom. The molecule has 0 bridgehead atoms. The van der Waals surface area contributed by atoms with E-state index in [2.05, 4.69) is 21.9 Å². The topological polar surface area (TPSA) is 69.0 Å². The second-order valence-electron chi connectivity index (χ2n) is 6.98. The van der Waals surface area contributed by atoms with E-state index in [0.717, 1.165) is 11.8 Å². The smallest absolute Gasteiger partial charge is 0.277 e. The molecule has 0 atom stereocenters. The van der Waals surface area contributed by atoms with E-state index in [9.17, 15) is 13.6 Å². The van der Waals surface area contributed by atoms with E-state index in [1.165, 1.54) is 4.57 Å². The molecule has 0 aromatic carbocycles. The van der Waals surface area contributed by atoms with Gasteiger partial charge >= 0.3 is 0 Å². The molecule has 166 valence electrons. The lowest BCUT2D eigenvalue weighted by atomic mass is 10.1. The number of rotatable bonds is 7. The highest BCUT2D eigenvalue weighted by molar-refractivity contribution is 6.31. The Hall–Kier alpha value is -3.52. The van der Waals surface area contributed by atoms with Crippen molar-refractivity contribution in [3.05, 3.63) is 99.1 Å². The lowest BCUT2D eigenvalue weighted by Gasteiger charge is -2.17. The molecule has 0 unspecified atom stereocenters. The molecule has 0 amide bonds. The lowest BCUT2D eigenvalue weighted by molar-refractivity contribution is 0.292. The van der Waals surface area contributed by atoms with Gasteiger partial charge in [0.05, 0.1) is 17.6 Å². The number of aryl methyl sites for hydroxylation is 2. The minimum absolute atomic E-state index is 0.0734. The SMILES string of the molecule is C=C(/C=C/NC)c1cc(-n2c(C)cc(OCc3ncc(F)cc3F)c(Cl)c2=O)c(C)cn1. The molecule has 1 N–H and O–H groups in total. The Bertz CT molecular complexity index is 1270. The zero-order valence-electron chi connectivity index (χ0n) is 17.7. The van der Waals surface area contributed by atoms with Gasteiger partial charge in [-0.3, -0.25) is 19.3 Å². The number of nitrogens with zero attached hydrogens (tertiary/aromatic N) is 3. The van der Waals surface area contributed by atoms with Crippen molar-refractivity contribution in [2.75, 3.05) is 7.05 Å². The molecular weight excluding hydrogens is 438 g/mol. The van der Waals surface area contributed by atoms with Gasteiger partial charge in [-0.1, -0.05) is 18.2 Å². The standard InChI is InChI=1S/C23H21ClF2N4O2/c1-13(5-6-27-4)18-9-20(14(2)10-28-18)30-15(3)7-21(22(24)23(30)31)32-12-19-17(26)8-16(25)11-29-19/h5-11,27H,1,12H2,2-4H3/b6-5+. The summed E-state index contributed by atoms with van der Waals surface area (Å²) >= 11 is 6.29. The average molecular weight is 459 g/mol.